The lowest BCUT2D eigenvalue weighted by molar-refractivity contribution is -0.659. The highest BCUT2D eigenvalue weighted by molar-refractivity contribution is 6.16. The molecule has 3 heteroatoms. The Kier molecular flexibility index (Phi) is 5.51. The van der Waals surface area contributed by atoms with Crippen LogP contribution in [0.2, 0.25) is 0 Å². The summed E-state index contributed by atoms with van der Waals surface area (Å²) in [5.74, 6) is 2.42. The molecule has 5 aromatic rings. The fourth-order valence-electron chi connectivity index (χ4n) is 6.28. The summed E-state index contributed by atoms with van der Waals surface area (Å²) in [5, 5.41) is 16.9. The summed E-state index contributed by atoms with van der Waals surface area (Å²) in [5.41, 5.74) is 7.05. The van der Waals surface area contributed by atoms with Crippen LogP contribution < -0.4 is 9.30 Å². The van der Waals surface area contributed by atoms with Crippen LogP contribution in [0.1, 0.15) is 49.9 Å². The molecular formula is C35H35N2O+. The van der Waals surface area contributed by atoms with Gasteiger partial charge in [-0.05, 0) is 85.2 Å². The average Bonchev–Trinajstić information content (AvgIpc) is 2.87. The molecule has 0 unspecified atom stereocenters. The average molecular weight is 500 g/mol. The minimum Gasteiger partial charge on any atom is -0.455 e. The van der Waals surface area contributed by atoms with Crippen LogP contribution >= 0.6 is 0 Å². The van der Waals surface area contributed by atoms with E-state index in [1.165, 1.54) is 60.4 Å². The minimum atomic E-state index is -0.405. The monoisotopic (exact) mass is 499 g/mol. The summed E-state index contributed by atoms with van der Waals surface area (Å²) in [7, 11) is 2.15. The lowest BCUT2D eigenvalue weighted by atomic mass is 9.84. The van der Waals surface area contributed by atoms with Crippen LogP contribution in [0.15, 0.2) is 54.7 Å². The van der Waals surface area contributed by atoms with E-state index in [0.717, 1.165) is 23.3 Å². The second-order valence-corrected chi connectivity index (χ2v) is 12.2. The molecule has 3 nitrogen and oxygen atoms in total. The third kappa shape index (κ3) is 3.74. The summed E-state index contributed by atoms with van der Waals surface area (Å²) in [6.07, 6.45) is 3.86. The summed E-state index contributed by atoms with van der Waals surface area (Å²) in [6.45, 7) is 13.0. The van der Waals surface area contributed by atoms with Crippen molar-refractivity contribution >= 4 is 32.3 Å². The van der Waals surface area contributed by atoms with E-state index in [1.807, 2.05) is 13.8 Å². The highest BCUT2D eigenvalue weighted by Gasteiger charge is 2.33. The molecule has 2 heterocycles. The number of hydrogen-bond donors (Lipinski definition) is 0. The van der Waals surface area contributed by atoms with Crippen molar-refractivity contribution in [3.05, 3.63) is 77.0 Å². The second-order valence-electron chi connectivity index (χ2n) is 12.2. The third-order valence-electron chi connectivity index (χ3n) is 8.05. The van der Waals surface area contributed by atoms with E-state index in [0.29, 0.717) is 12.3 Å². The first-order valence-electron chi connectivity index (χ1n) is 13.6. The number of hydrogen-bond acceptors (Lipinski definition) is 2. The summed E-state index contributed by atoms with van der Waals surface area (Å²) >= 11 is 0. The molecule has 0 saturated carbocycles. The van der Waals surface area contributed by atoms with Gasteiger partial charge in [-0.25, -0.2) is 4.57 Å². The van der Waals surface area contributed by atoms with E-state index in [1.54, 1.807) is 0 Å². The van der Waals surface area contributed by atoms with Crippen molar-refractivity contribution in [2.45, 2.75) is 54.4 Å². The van der Waals surface area contributed by atoms with Gasteiger partial charge >= 0.3 is 0 Å². The smallest absolute Gasteiger partial charge is 0.228 e. The highest BCUT2D eigenvalue weighted by Crippen LogP contribution is 2.52. The first-order valence-corrected chi connectivity index (χ1v) is 13.6. The van der Waals surface area contributed by atoms with Crippen molar-refractivity contribution < 1.29 is 9.30 Å². The molecule has 1 aromatic heterocycles. The number of aryl methyl sites for hydroxylation is 3. The Bertz CT molecular complexity index is 1840. The van der Waals surface area contributed by atoms with Gasteiger partial charge < -0.3 is 4.74 Å². The number of ether oxygens (including phenoxy) is 1. The van der Waals surface area contributed by atoms with Gasteiger partial charge in [-0.1, -0.05) is 55.8 Å². The van der Waals surface area contributed by atoms with E-state index in [9.17, 15) is 5.26 Å². The maximum absolute atomic E-state index is 9.58. The molecule has 0 N–H and O–H groups in total. The molecule has 6 rings (SSSR count). The molecule has 190 valence electrons. The van der Waals surface area contributed by atoms with Crippen LogP contribution in [-0.4, -0.2) is 0 Å². The molecule has 1 aliphatic rings. The fraction of sp³-hybridized carbons (Fsp3) is 0.314. The molecule has 0 spiro atoms. The van der Waals surface area contributed by atoms with Crippen molar-refractivity contribution in [3.8, 4) is 28.8 Å². The van der Waals surface area contributed by atoms with Crippen LogP contribution in [0.3, 0.4) is 0 Å². The molecule has 0 amide bonds. The van der Waals surface area contributed by atoms with Gasteiger partial charge in [0.2, 0.25) is 5.69 Å². The van der Waals surface area contributed by atoms with Gasteiger partial charge in [-0.15, -0.1) is 0 Å². The number of nitriles is 1. The Hall–Kier alpha value is -3.90. The highest BCUT2D eigenvalue weighted by atomic mass is 16.5. The van der Waals surface area contributed by atoms with E-state index in [-0.39, 0.29) is 0 Å². The fourth-order valence-corrected chi connectivity index (χ4v) is 6.28. The van der Waals surface area contributed by atoms with Crippen molar-refractivity contribution in [2.75, 3.05) is 0 Å². The first-order chi connectivity index (χ1) is 18.1. The van der Waals surface area contributed by atoms with Gasteiger partial charge in [-0.3, -0.25) is 0 Å². The van der Waals surface area contributed by atoms with Gasteiger partial charge in [0, 0.05) is 17.0 Å². The van der Waals surface area contributed by atoms with E-state index in [2.05, 4.69) is 100 Å². The number of nitrogens with zero attached hydrogens (tertiary/aromatic N) is 2. The molecule has 0 aliphatic carbocycles. The SMILES string of the molecule is Cc1ccc2c(CC(C)C)c3c(c(C)c2c1)-c1c2c(cc4cc(CC(C)(C)C#N)ccc4c2cc[n+]1C)O3. The minimum absolute atomic E-state index is 0.405. The molecule has 38 heavy (non-hydrogen) atoms. The molecule has 0 atom stereocenters. The van der Waals surface area contributed by atoms with Gasteiger partial charge in [0.05, 0.1) is 22.4 Å². The van der Waals surface area contributed by atoms with Crippen molar-refractivity contribution in [3.63, 3.8) is 0 Å². The normalized spacial score (nSPS) is 12.7. The van der Waals surface area contributed by atoms with Gasteiger partial charge in [-0.2, -0.15) is 5.26 Å². The van der Waals surface area contributed by atoms with Gasteiger partial charge in [0.25, 0.3) is 0 Å². The van der Waals surface area contributed by atoms with Crippen molar-refractivity contribution in [1.82, 2.24) is 0 Å². The van der Waals surface area contributed by atoms with Crippen LogP contribution in [0.4, 0.5) is 0 Å². The number of benzene rings is 4. The van der Waals surface area contributed by atoms with E-state index < -0.39 is 5.41 Å². The Balaban J connectivity index is 1.70. The van der Waals surface area contributed by atoms with Gasteiger partial charge in [0.15, 0.2) is 6.20 Å². The van der Waals surface area contributed by atoms with Crippen molar-refractivity contribution in [2.24, 2.45) is 18.4 Å². The third-order valence-corrected chi connectivity index (χ3v) is 8.05. The lowest BCUT2D eigenvalue weighted by Gasteiger charge is -2.26. The van der Waals surface area contributed by atoms with Crippen LogP contribution in [-0.2, 0) is 19.9 Å². The molecule has 0 saturated heterocycles. The molecule has 1 aliphatic heterocycles. The van der Waals surface area contributed by atoms with Gasteiger partial charge in [0.1, 0.15) is 18.5 Å². The quantitative estimate of drug-likeness (QED) is 0.180. The topological polar surface area (TPSA) is 36.9 Å². The molecule has 0 fully saturated rings. The second kappa shape index (κ2) is 8.57. The maximum atomic E-state index is 9.58. The largest absolute Gasteiger partial charge is 0.455 e. The predicted molar refractivity (Wildman–Crippen MR) is 157 cm³/mol. The van der Waals surface area contributed by atoms with E-state index in [4.69, 9.17) is 4.74 Å². The zero-order valence-electron chi connectivity index (χ0n) is 23.5. The molecule has 0 bridgehead atoms. The molecule has 4 aromatic carbocycles. The predicted octanol–water partition coefficient (Wildman–Crippen LogP) is 8.65. The number of aromatic nitrogens is 1. The molecule has 0 radical (unpaired) electrons. The molecular weight excluding hydrogens is 464 g/mol. The summed E-state index contributed by atoms with van der Waals surface area (Å²) in [4.78, 5) is 0. The summed E-state index contributed by atoms with van der Waals surface area (Å²) in [6, 6.07) is 20.3. The first kappa shape index (κ1) is 24.4. The number of rotatable bonds is 4. The maximum Gasteiger partial charge on any atom is 0.228 e. The Labute approximate surface area is 225 Å². The Morgan fingerprint density at radius 1 is 0.947 bits per heavy atom. The number of pyridine rings is 1. The van der Waals surface area contributed by atoms with Crippen LogP contribution in [0, 0.1) is 36.5 Å². The zero-order chi connectivity index (χ0) is 26.9. The van der Waals surface area contributed by atoms with Crippen LogP contribution in [0.5, 0.6) is 11.5 Å². The Morgan fingerprint density at radius 3 is 2.45 bits per heavy atom. The zero-order valence-corrected chi connectivity index (χ0v) is 23.5. The Morgan fingerprint density at radius 2 is 1.71 bits per heavy atom. The van der Waals surface area contributed by atoms with Crippen LogP contribution in [0.25, 0.3) is 43.6 Å². The van der Waals surface area contributed by atoms with Crippen molar-refractivity contribution in [1.29, 1.82) is 5.26 Å². The lowest BCUT2D eigenvalue weighted by Crippen LogP contribution is -2.32. The standard InChI is InChI=1S/C35H35N2O/c1-20(2)14-29-26-10-8-21(3)15-28(26)22(4)31-33-32-27(12-13-37(33)7)25-11-9-23(18-35(5,6)19-36)16-24(25)17-30(32)38-34(29)31/h8-13,15-17,20H,14,18H2,1-7H3/q+1. The van der Waals surface area contributed by atoms with E-state index >= 15 is 0 Å². The summed E-state index contributed by atoms with van der Waals surface area (Å²) < 4.78 is 9.22. The number of fused-ring (bicyclic) bond motifs is 5.